The molecule has 6 nitrogen and oxygen atoms in total. The van der Waals surface area contributed by atoms with Gasteiger partial charge in [-0.25, -0.2) is 4.79 Å². The number of aryl methyl sites for hydroxylation is 1. The molecule has 6 heteroatoms. The fraction of sp³-hybridized carbons (Fsp3) is 0.227. The van der Waals surface area contributed by atoms with Crippen molar-refractivity contribution < 1.29 is 18.8 Å². The number of amides is 1. The summed E-state index contributed by atoms with van der Waals surface area (Å²) < 4.78 is 10.3. The number of carbonyl (C=O) groups excluding carboxylic acids is 2. The molecule has 0 atom stereocenters. The van der Waals surface area contributed by atoms with Crippen molar-refractivity contribution in [3.05, 3.63) is 71.6 Å². The summed E-state index contributed by atoms with van der Waals surface area (Å²) in [4.78, 5) is 24.4. The highest BCUT2D eigenvalue weighted by molar-refractivity contribution is 5.96. The van der Waals surface area contributed by atoms with Crippen molar-refractivity contribution in [3.8, 4) is 11.1 Å². The Morgan fingerprint density at radius 1 is 1.04 bits per heavy atom. The van der Waals surface area contributed by atoms with Gasteiger partial charge in [0.2, 0.25) is 0 Å². The zero-order chi connectivity index (χ0) is 20.1. The van der Waals surface area contributed by atoms with Crippen LogP contribution >= 0.6 is 0 Å². The van der Waals surface area contributed by atoms with Crippen LogP contribution in [-0.4, -0.2) is 23.6 Å². The molecule has 1 aromatic heterocycles. The quantitative estimate of drug-likeness (QED) is 0.636. The number of esters is 1. The Morgan fingerprint density at radius 3 is 2.32 bits per heavy atom. The van der Waals surface area contributed by atoms with Gasteiger partial charge in [-0.3, -0.25) is 4.79 Å². The summed E-state index contributed by atoms with van der Waals surface area (Å²) in [6.45, 7) is 5.06. The SMILES string of the molecule is Cc1noc(C(C)C)c1C(=O)OCC(=O)Nc1ccc(-c2ccccc2)cc1. The second-order valence-electron chi connectivity index (χ2n) is 6.73. The maximum absolute atomic E-state index is 12.3. The van der Waals surface area contributed by atoms with E-state index < -0.39 is 11.9 Å². The van der Waals surface area contributed by atoms with Crippen molar-refractivity contribution in [2.45, 2.75) is 26.7 Å². The summed E-state index contributed by atoms with van der Waals surface area (Å²) in [5.74, 6) is -0.585. The Hall–Kier alpha value is -3.41. The molecule has 0 radical (unpaired) electrons. The molecule has 0 fully saturated rings. The predicted molar refractivity (Wildman–Crippen MR) is 106 cm³/mol. The van der Waals surface area contributed by atoms with E-state index in [0.29, 0.717) is 17.1 Å². The van der Waals surface area contributed by atoms with Crippen molar-refractivity contribution in [2.75, 3.05) is 11.9 Å². The van der Waals surface area contributed by atoms with Crippen LogP contribution in [0.1, 0.15) is 41.6 Å². The van der Waals surface area contributed by atoms with Crippen LogP contribution in [0, 0.1) is 6.92 Å². The molecule has 0 aliphatic heterocycles. The molecule has 0 unspecified atom stereocenters. The van der Waals surface area contributed by atoms with Gasteiger partial charge in [-0.1, -0.05) is 61.5 Å². The predicted octanol–water partition coefficient (Wildman–Crippen LogP) is 4.57. The minimum atomic E-state index is -0.614. The van der Waals surface area contributed by atoms with E-state index in [4.69, 9.17) is 9.26 Å². The summed E-state index contributed by atoms with van der Waals surface area (Å²) >= 11 is 0. The van der Waals surface area contributed by atoms with Gasteiger partial charge < -0.3 is 14.6 Å². The third kappa shape index (κ3) is 4.46. The lowest BCUT2D eigenvalue weighted by Gasteiger charge is -2.08. The highest BCUT2D eigenvalue weighted by atomic mass is 16.5. The molecule has 0 bridgehead atoms. The summed E-state index contributed by atoms with van der Waals surface area (Å²) in [6, 6.07) is 17.4. The number of nitrogens with one attached hydrogen (secondary N) is 1. The highest BCUT2D eigenvalue weighted by Crippen LogP contribution is 2.23. The number of ether oxygens (including phenoxy) is 1. The first-order valence-corrected chi connectivity index (χ1v) is 9.04. The average molecular weight is 378 g/mol. The van der Waals surface area contributed by atoms with Crippen molar-refractivity contribution in [1.82, 2.24) is 5.16 Å². The first-order chi connectivity index (χ1) is 13.5. The Kier molecular flexibility index (Phi) is 5.89. The molecule has 2 aromatic carbocycles. The van der Waals surface area contributed by atoms with Gasteiger partial charge in [0.15, 0.2) is 12.4 Å². The molecular weight excluding hydrogens is 356 g/mol. The van der Waals surface area contributed by atoms with E-state index in [-0.39, 0.29) is 18.1 Å². The van der Waals surface area contributed by atoms with Crippen molar-refractivity contribution >= 4 is 17.6 Å². The second kappa shape index (κ2) is 8.52. The van der Waals surface area contributed by atoms with Gasteiger partial charge in [0.1, 0.15) is 5.56 Å². The monoisotopic (exact) mass is 378 g/mol. The average Bonchev–Trinajstić information content (AvgIpc) is 3.09. The second-order valence-corrected chi connectivity index (χ2v) is 6.73. The highest BCUT2D eigenvalue weighted by Gasteiger charge is 2.24. The van der Waals surface area contributed by atoms with Crippen LogP contribution in [0.15, 0.2) is 59.1 Å². The van der Waals surface area contributed by atoms with Crippen LogP contribution in [0.5, 0.6) is 0 Å². The van der Waals surface area contributed by atoms with Gasteiger partial charge >= 0.3 is 5.97 Å². The molecule has 28 heavy (non-hydrogen) atoms. The normalized spacial score (nSPS) is 10.7. The molecule has 0 aliphatic rings. The molecule has 0 spiro atoms. The molecule has 0 aliphatic carbocycles. The molecule has 3 aromatic rings. The summed E-state index contributed by atoms with van der Waals surface area (Å²) in [5.41, 5.74) is 3.51. The Balaban J connectivity index is 1.57. The minimum absolute atomic E-state index is 0.0132. The van der Waals surface area contributed by atoms with E-state index in [0.717, 1.165) is 11.1 Å². The van der Waals surface area contributed by atoms with E-state index in [2.05, 4.69) is 10.5 Å². The van der Waals surface area contributed by atoms with Gasteiger partial charge in [-0.2, -0.15) is 0 Å². The zero-order valence-electron chi connectivity index (χ0n) is 16.1. The first-order valence-electron chi connectivity index (χ1n) is 9.04. The molecule has 1 amide bonds. The van der Waals surface area contributed by atoms with Crippen molar-refractivity contribution in [3.63, 3.8) is 0 Å². The van der Waals surface area contributed by atoms with E-state index in [9.17, 15) is 9.59 Å². The fourth-order valence-corrected chi connectivity index (χ4v) is 2.81. The van der Waals surface area contributed by atoms with Crippen LogP contribution in [0.4, 0.5) is 5.69 Å². The number of aromatic nitrogens is 1. The lowest BCUT2D eigenvalue weighted by atomic mass is 10.1. The molecular formula is C22H22N2O4. The number of rotatable bonds is 6. The summed E-state index contributed by atoms with van der Waals surface area (Å²) in [6.07, 6.45) is 0. The number of anilines is 1. The number of benzene rings is 2. The third-order valence-electron chi connectivity index (χ3n) is 4.23. The minimum Gasteiger partial charge on any atom is -0.452 e. The molecule has 1 heterocycles. The third-order valence-corrected chi connectivity index (χ3v) is 4.23. The maximum Gasteiger partial charge on any atom is 0.344 e. The number of nitrogens with zero attached hydrogens (tertiary/aromatic N) is 1. The van der Waals surface area contributed by atoms with E-state index >= 15 is 0 Å². The van der Waals surface area contributed by atoms with Gasteiger partial charge in [0.05, 0.1) is 5.69 Å². The van der Waals surface area contributed by atoms with E-state index in [1.807, 2.05) is 68.4 Å². The van der Waals surface area contributed by atoms with Crippen LogP contribution in [-0.2, 0) is 9.53 Å². The van der Waals surface area contributed by atoms with Crippen molar-refractivity contribution in [1.29, 1.82) is 0 Å². The smallest absolute Gasteiger partial charge is 0.344 e. The van der Waals surface area contributed by atoms with Crippen LogP contribution in [0.25, 0.3) is 11.1 Å². The van der Waals surface area contributed by atoms with Gasteiger partial charge in [0.25, 0.3) is 5.91 Å². The van der Waals surface area contributed by atoms with Crippen LogP contribution < -0.4 is 5.32 Å². The maximum atomic E-state index is 12.3. The summed E-state index contributed by atoms with van der Waals surface area (Å²) in [5, 5.41) is 6.53. The molecule has 144 valence electrons. The Morgan fingerprint density at radius 2 is 1.68 bits per heavy atom. The number of carbonyl (C=O) groups is 2. The molecule has 0 saturated heterocycles. The topological polar surface area (TPSA) is 81.4 Å². The van der Waals surface area contributed by atoms with Gasteiger partial charge in [0, 0.05) is 11.6 Å². The molecule has 0 saturated carbocycles. The van der Waals surface area contributed by atoms with E-state index in [1.165, 1.54) is 0 Å². The Bertz CT molecular complexity index is 960. The molecule has 1 N–H and O–H groups in total. The van der Waals surface area contributed by atoms with Gasteiger partial charge in [-0.05, 0) is 30.2 Å². The molecule has 3 rings (SSSR count). The van der Waals surface area contributed by atoms with E-state index in [1.54, 1.807) is 6.92 Å². The standard InChI is InChI=1S/C22H22N2O4/c1-14(2)21-20(15(3)24-28-21)22(26)27-13-19(25)23-18-11-9-17(10-12-18)16-7-5-4-6-8-16/h4-12,14H,13H2,1-3H3,(H,23,25). The van der Waals surface area contributed by atoms with Gasteiger partial charge in [-0.15, -0.1) is 0 Å². The van der Waals surface area contributed by atoms with Crippen molar-refractivity contribution in [2.24, 2.45) is 0 Å². The van der Waals surface area contributed by atoms with Crippen LogP contribution in [0.3, 0.4) is 0 Å². The Labute approximate surface area is 163 Å². The number of hydrogen-bond acceptors (Lipinski definition) is 5. The number of hydrogen-bond donors (Lipinski definition) is 1. The first kappa shape index (κ1) is 19.4. The lowest BCUT2D eigenvalue weighted by Crippen LogP contribution is -2.21. The zero-order valence-corrected chi connectivity index (χ0v) is 16.1. The summed E-state index contributed by atoms with van der Waals surface area (Å²) in [7, 11) is 0. The fourth-order valence-electron chi connectivity index (χ4n) is 2.81. The lowest BCUT2D eigenvalue weighted by molar-refractivity contribution is -0.119. The van der Waals surface area contributed by atoms with Crippen LogP contribution in [0.2, 0.25) is 0 Å². The largest absolute Gasteiger partial charge is 0.452 e.